The number of hydrogen-bond donors (Lipinski definition) is 1. The van der Waals surface area contributed by atoms with Gasteiger partial charge in [-0.05, 0) is 24.3 Å². The van der Waals surface area contributed by atoms with Crippen molar-refractivity contribution in [1.29, 1.82) is 0 Å². The number of nitro benzene ring substituents is 1. The summed E-state index contributed by atoms with van der Waals surface area (Å²) in [5.74, 6) is -1.50. The van der Waals surface area contributed by atoms with Gasteiger partial charge in [-0.15, -0.1) is 0 Å². The van der Waals surface area contributed by atoms with E-state index in [9.17, 15) is 24.5 Å². The van der Waals surface area contributed by atoms with E-state index in [0.717, 1.165) is 5.39 Å². The highest BCUT2D eigenvalue weighted by atomic mass is 16.6. The van der Waals surface area contributed by atoms with Crippen molar-refractivity contribution in [3.05, 3.63) is 76.0 Å². The van der Waals surface area contributed by atoms with Crippen LogP contribution < -0.4 is 5.32 Å². The number of ether oxygens (including phenoxy) is 1. The monoisotopic (exact) mass is 396 g/mol. The van der Waals surface area contributed by atoms with Crippen molar-refractivity contribution in [2.24, 2.45) is 0 Å². The molecule has 0 aliphatic heterocycles. The van der Waals surface area contributed by atoms with Crippen LogP contribution in [0.15, 0.2) is 59.0 Å². The van der Waals surface area contributed by atoms with E-state index >= 15 is 0 Å². The number of para-hydroxylation sites is 1. The second-order valence-corrected chi connectivity index (χ2v) is 6.04. The Kier molecular flexibility index (Phi) is 5.98. The molecule has 1 N–H and O–H groups in total. The third kappa shape index (κ3) is 5.04. The predicted octanol–water partition coefficient (Wildman–Crippen LogP) is 2.89. The van der Waals surface area contributed by atoms with Crippen LogP contribution in [0.3, 0.4) is 0 Å². The number of Topliss-reactive ketones (excluding diaryl/α,β-unsaturated/α-hetero) is 1. The van der Waals surface area contributed by atoms with Crippen LogP contribution in [0.4, 0.5) is 5.69 Å². The number of nitro groups is 1. The number of rotatable bonds is 8. The van der Waals surface area contributed by atoms with Crippen molar-refractivity contribution in [3.8, 4) is 0 Å². The maximum absolute atomic E-state index is 12.1. The van der Waals surface area contributed by atoms with E-state index in [2.05, 4.69) is 5.32 Å². The molecule has 0 bridgehead atoms. The molecule has 0 fully saturated rings. The molecule has 9 heteroatoms. The fraction of sp³-hybridized carbons (Fsp3) is 0.150. The van der Waals surface area contributed by atoms with Gasteiger partial charge in [-0.3, -0.25) is 24.5 Å². The molecule has 1 amide bonds. The lowest BCUT2D eigenvalue weighted by Crippen LogP contribution is -2.27. The molecule has 9 nitrogen and oxygen atoms in total. The van der Waals surface area contributed by atoms with Gasteiger partial charge in [0.1, 0.15) is 5.58 Å². The first-order valence-electron chi connectivity index (χ1n) is 8.64. The Bertz CT molecular complexity index is 1040. The van der Waals surface area contributed by atoms with Gasteiger partial charge in [-0.2, -0.15) is 0 Å². The van der Waals surface area contributed by atoms with Crippen LogP contribution in [-0.4, -0.2) is 35.7 Å². The molecule has 0 saturated heterocycles. The van der Waals surface area contributed by atoms with Crippen LogP contribution in [0, 0.1) is 10.1 Å². The van der Waals surface area contributed by atoms with Gasteiger partial charge in [-0.25, -0.2) is 0 Å². The fourth-order valence-corrected chi connectivity index (χ4v) is 2.52. The van der Waals surface area contributed by atoms with E-state index in [4.69, 9.17) is 9.15 Å². The van der Waals surface area contributed by atoms with E-state index in [1.807, 2.05) is 6.07 Å². The number of nitrogens with zero attached hydrogens (tertiary/aromatic N) is 1. The Labute approximate surface area is 164 Å². The summed E-state index contributed by atoms with van der Waals surface area (Å²) in [6.45, 7) is -0.470. The molecule has 2 aromatic carbocycles. The molecule has 3 rings (SSSR count). The molecule has 0 atom stereocenters. The van der Waals surface area contributed by atoms with E-state index in [0.29, 0.717) is 5.58 Å². The molecule has 0 unspecified atom stereocenters. The van der Waals surface area contributed by atoms with Crippen LogP contribution in [0.5, 0.6) is 0 Å². The number of esters is 1. The first kappa shape index (κ1) is 19.7. The van der Waals surface area contributed by atoms with E-state index in [-0.39, 0.29) is 30.0 Å². The summed E-state index contributed by atoms with van der Waals surface area (Å²) in [7, 11) is 0. The maximum atomic E-state index is 12.1. The van der Waals surface area contributed by atoms with Gasteiger partial charge < -0.3 is 14.5 Å². The standard InChI is InChI=1S/C20H16N2O7/c23-16(18-11-14-3-1-2-4-17(14)29-18)12-28-19(24)9-10-21-20(25)13-5-7-15(8-6-13)22(26)27/h1-8,11H,9-10,12H2,(H,21,25). The summed E-state index contributed by atoms with van der Waals surface area (Å²) in [5, 5.41) is 13.9. The number of non-ortho nitro benzene ring substituents is 1. The second-order valence-electron chi connectivity index (χ2n) is 6.04. The Morgan fingerprint density at radius 2 is 1.79 bits per heavy atom. The van der Waals surface area contributed by atoms with Gasteiger partial charge in [0.05, 0.1) is 11.3 Å². The third-order valence-corrected chi connectivity index (χ3v) is 4.02. The molecule has 1 heterocycles. The third-order valence-electron chi connectivity index (χ3n) is 4.02. The van der Waals surface area contributed by atoms with Crippen LogP contribution >= 0.6 is 0 Å². The zero-order chi connectivity index (χ0) is 20.8. The largest absolute Gasteiger partial charge is 0.457 e. The molecule has 0 radical (unpaired) electrons. The predicted molar refractivity (Wildman–Crippen MR) is 102 cm³/mol. The average Bonchev–Trinajstić information content (AvgIpc) is 3.16. The minimum Gasteiger partial charge on any atom is -0.457 e. The molecule has 0 aliphatic rings. The Morgan fingerprint density at radius 3 is 2.48 bits per heavy atom. The Morgan fingerprint density at radius 1 is 1.07 bits per heavy atom. The number of ketones is 1. The summed E-state index contributed by atoms with van der Waals surface area (Å²) in [5.41, 5.74) is 0.666. The number of furan rings is 1. The highest BCUT2D eigenvalue weighted by molar-refractivity contribution is 5.99. The zero-order valence-corrected chi connectivity index (χ0v) is 15.1. The van der Waals surface area contributed by atoms with Crippen molar-refractivity contribution in [2.75, 3.05) is 13.2 Å². The van der Waals surface area contributed by atoms with Crippen LogP contribution in [0.1, 0.15) is 27.3 Å². The normalized spacial score (nSPS) is 10.5. The van der Waals surface area contributed by atoms with E-state index in [1.165, 1.54) is 24.3 Å². The van der Waals surface area contributed by atoms with Crippen molar-refractivity contribution in [2.45, 2.75) is 6.42 Å². The minimum atomic E-state index is -0.654. The average molecular weight is 396 g/mol. The molecular formula is C20H16N2O7. The fourth-order valence-electron chi connectivity index (χ4n) is 2.52. The molecule has 0 spiro atoms. The molecular weight excluding hydrogens is 380 g/mol. The Balaban J connectivity index is 1.42. The lowest BCUT2D eigenvalue weighted by atomic mass is 10.2. The first-order chi connectivity index (χ1) is 13.9. The number of benzene rings is 2. The van der Waals surface area contributed by atoms with Crippen LogP contribution in [0.25, 0.3) is 11.0 Å². The number of carbonyl (C=O) groups excluding carboxylic acids is 3. The van der Waals surface area contributed by atoms with Crippen molar-refractivity contribution in [1.82, 2.24) is 5.32 Å². The summed E-state index contributed by atoms with van der Waals surface area (Å²) < 4.78 is 10.3. The summed E-state index contributed by atoms with van der Waals surface area (Å²) >= 11 is 0. The molecule has 0 saturated carbocycles. The number of hydrogen-bond acceptors (Lipinski definition) is 7. The summed E-state index contributed by atoms with van der Waals surface area (Å²) in [4.78, 5) is 45.8. The van der Waals surface area contributed by atoms with Gasteiger partial charge in [0.15, 0.2) is 12.4 Å². The number of fused-ring (bicyclic) bond motifs is 1. The SMILES string of the molecule is O=C(CCNC(=O)c1ccc([N+](=O)[O-])cc1)OCC(=O)c1cc2ccccc2o1. The highest BCUT2D eigenvalue weighted by Crippen LogP contribution is 2.19. The van der Waals surface area contributed by atoms with Crippen LogP contribution in [0.2, 0.25) is 0 Å². The number of carbonyl (C=O) groups is 3. The molecule has 1 aromatic heterocycles. The quantitative estimate of drug-likeness (QED) is 0.268. The topological polar surface area (TPSA) is 129 Å². The smallest absolute Gasteiger partial charge is 0.308 e. The minimum absolute atomic E-state index is 0.00647. The molecule has 0 aliphatic carbocycles. The second kappa shape index (κ2) is 8.79. The first-order valence-corrected chi connectivity index (χ1v) is 8.64. The molecule has 29 heavy (non-hydrogen) atoms. The van der Waals surface area contributed by atoms with Crippen LogP contribution in [-0.2, 0) is 9.53 Å². The molecule has 148 valence electrons. The number of amides is 1. The van der Waals surface area contributed by atoms with Gasteiger partial charge >= 0.3 is 5.97 Å². The van der Waals surface area contributed by atoms with Gasteiger partial charge in [0, 0.05) is 29.6 Å². The van der Waals surface area contributed by atoms with Gasteiger partial charge in [0.2, 0.25) is 5.78 Å². The zero-order valence-electron chi connectivity index (χ0n) is 15.1. The van der Waals surface area contributed by atoms with Gasteiger partial charge in [0.25, 0.3) is 11.6 Å². The highest BCUT2D eigenvalue weighted by Gasteiger charge is 2.15. The lowest BCUT2D eigenvalue weighted by molar-refractivity contribution is -0.384. The summed E-state index contributed by atoms with van der Waals surface area (Å²) in [6, 6.07) is 13.8. The molecule has 3 aromatic rings. The maximum Gasteiger partial charge on any atom is 0.308 e. The van der Waals surface area contributed by atoms with Gasteiger partial charge in [-0.1, -0.05) is 18.2 Å². The van der Waals surface area contributed by atoms with Crippen molar-refractivity contribution >= 4 is 34.3 Å². The number of nitrogens with one attached hydrogen (secondary N) is 1. The Hall–Kier alpha value is -4.01. The van der Waals surface area contributed by atoms with Crippen molar-refractivity contribution < 1.29 is 28.5 Å². The van der Waals surface area contributed by atoms with Crippen molar-refractivity contribution in [3.63, 3.8) is 0 Å². The van der Waals surface area contributed by atoms with E-state index < -0.39 is 29.2 Å². The lowest BCUT2D eigenvalue weighted by Gasteiger charge is -2.05. The van der Waals surface area contributed by atoms with E-state index in [1.54, 1.807) is 24.3 Å². The summed E-state index contributed by atoms with van der Waals surface area (Å²) in [6.07, 6.45) is -0.133.